The molecule has 1 aromatic heterocycles. The fourth-order valence-corrected chi connectivity index (χ4v) is 2.00. The smallest absolute Gasteiger partial charge is 0.247 e. The Bertz CT molecular complexity index is 729. The van der Waals surface area contributed by atoms with E-state index in [0.717, 1.165) is 16.8 Å². The largest absolute Gasteiger partial charge is 0.423 e. The number of rotatable bonds is 4. The van der Waals surface area contributed by atoms with Crippen molar-refractivity contribution in [1.82, 2.24) is 10.2 Å². The third kappa shape index (κ3) is 3.20. The Kier molecular flexibility index (Phi) is 3.83. The van der Waals surface area contributed by atoms with Gasteiger partial charge in [-0.1, -0.05) is 17.7 Å². The molecule has 3 aromatic rings. The van der Waals surface area contributed by atoms with Crippen molar-refractivity contribution in [3.63, 3.8) is 0 Å². The maximum absolute atomic E-state index is 13.3. The van der Waals surface area contributed by atoms with E-state index in [0.29, 0.717) is 12.4 Å². The highest BCUT2D eigenvalue weighted by Gasteiger charge is 2.04. The maximum atomic E-state index is 13.3. The van der Waals surface area contributed by atoms with E-state index in [1.165, 1.54) is 12.5 Å². The summed E-state index contributed by atoms with van der Waals surface area (Å²) >= 11 is 5.65. The molecule has 106 valence electrons. The predicted octanol–water partition coefficient (Wildman–Crippen LogP) is 4.14. The van der Waals surface area contributed by atoms with Gasteiger partial charge in [-0.2, -0.15) is 0 Å². The van der Waals surface area contributed by atoms with Crippen LogP contribution in [-0.2, 0) is 6.54 Å². The van der Waals surface area contributed by atoms with E-state index >= 15 is 0 Å². The Hall–Kier alpha value is -2.40. The van der Waals surface area contributed by atoms with E-state index in [1.807, 2.05) is 24.3 Å². The number of hydrogen-bond donors (Lipinski definition) is 1. The standard InChI is InChI=1S/C15H11ClFN3O/c16-13-6-1-10(7-14(13)17)8-18-12-4-2-11(3-5-12)15-20-19-9-21-15/h1-7,9,18H,8H2. The summed E-state index contributed by atoms with van der Waals surface area (Å²) in [6.07, 6.45) is 1.29. The van der Waals surface area contributed by atoms with E-state index in [1.54, 1.807) is 12.1 Å². The van der Waals surface area contributed by atoms with Crippen LogP contribution in [0, 0.1) is 5.82 Å². The van der Waals surface area contributed by atoms with Crippen molar-refractivity contribution in [2.75, 3.05) is 5.32 Å². The number of benzene rings is 2. The Labute approximate surface area is 125 Å². The molecule has 6 heteroatoms. The molecular formula is C15H11ClFN3O. The molecule has 0 radical (unpaired) electrons. The van der Waals surface area contributed by atoms with E-state index in [4.69, 9.17) is 16.0 Å². The zero-order chi connectivity index (χ0) is 14.7. The molecule has 0 fully saturated rings. The van der Waals surface area contributed by atoms with Crippen LogP contribution in [0.1, 0.15) is 5.56 Å². The quantitative estimate of drug-likeness (QED) is 0.787. The zero-order valence-electron chi connectivity index (χ0n) is 10.9. The minimum absolute atomic E-state index is 0.127. The summed E-state index contributed by atoms with van der Waals surface area (Å²) in [6.45, 7) is 0.508. The van der Waals surface area contributed by atoms with Crippen LogP contribution in [0.25, 0.3) is 11.5 Å². The van der Waals surface area contributed by atoms with Crippen LogP contribution in [0.15, 0.2) is 53.3 Å². The molecular weight excluding hydrogens is 293 g/mol. The van der Waals surface area contributed by atoms with Crippen LogP contribution < -0.4 is 5.32 Å². The second-order valence-electron chi connectivity index (χ2n) is 4.42. The van der Waals surface area contributed by atoms with Crippen molar-refractivity contribution in [2.24, 2.45) is 0 Å². The topological polar surface area (TPSA) is 51.0 Å². The second-order valence-corrected chi connectivity index (χ2v) is 4.83. The van der Waals surface area contributed by atoms with Gasteiger partial charge in [-0.15, -0.1) is 10.2 Å². The minimum atomic E-state index is -0.414. The second kappa shape index (κ2) is 5.93. The molecule has 3 rings (SSSR count). The molecule has 21 heavy (non-hydrogen) atoms. The van der Waals surface area contributed by atoms with Crippen LogP contribution in [0.5, 0.6) is 0 Å². The van der Waals surface area contributed by atoms with Crippen LogP contribution in [-0.4, -0.2) is 10.2 Å². The van der Waals surface area contributed by atoms with E-state index in [9.17, 15) is 4.39 Å². The van der Waals surface area contributed by atoms with Gasteiger partial charge < -0.3 is 9.73 Å². The number of nitrogens with zero attached hydrogens (tertiary/aromatic N) is 2. The summed E-state index contributed by atoms with van der Waals surface area (Å²) in [5.41, 5.74) is 2.57. The van der Waals surface area contributed by atoms with Gasteiger partial charge in [-0.25, -0.2) is 4.39 Å². The van der Waals surface area contributed by atoms with Crippen molar-refractivity contribution in [3.8, 4) is 11.5 Å². The lowest BCUT2D eigenvalue weighted by atomic mass is 10.2. The van der Waals surface area contributed by atoms with Crippen molar-refractivity contribution < 1.29 is 8.81 Å². The molecule has 0 aliphatic carbocycles. The lowest BCUT2D eigenvalue weighted by Gasteiger charge is -2.07. The molecule has 0 aliphatic heterocycles. The number of halogens is 2. The molecule has 0 saturated carbocycles. The van der Waals surface area contributed by atoms with Gasteiger partial charge in [-0.3, -0.25) is 0 Å². The van der Waals surface area contributed by atoms with E-state index in [2.05, 4.69) is 15.5 Å². The fraction of sp³-hybridized carbons (Fsp3) is 0.0667. The van der Waals surface area contributed by atoms with Crippen LogP contribution >= 0.6 is 11.6 Å². The summed E-state index contributed by atoms with van der Waals surface area (Å²) in [5, 5.41) is 10.8. The number of nitrogens with one attached hydrogen (secondary N) is 1. The van der Waals surface area contributed by atoms with Crippen molar-refractivity contribution in [3.05, 3.63) is 65.3 Å². The Morgan fingerprint density at radius 1 is 1.14 bits per heavy atom. The third-order valence-electron chi connectivity index (χ3n) is 2.97. The van der Waals surface area contributed by atoms with Crippen LogP contribution in [0.2, 0.25) is 5.02 Å². The molecule has 0 spiro atoms. The van der Waals surface area contributed by atoms with Gasteiger partial charge in [0.25, 0.3) is 0 Å². The first-order valence-corrected chi connectivity index (χ1v) is 6.64. The predicted molar refractivity (Wildman–Crippen MR) is 78.5 cm³/mol. The van der Waals surface area contributed by atoms with Gasteiger partial charge in [0.15, 0.2) is 0 Å². The zero-order valence-corrected chi connectivity index (χ0v) is 11.6. The van der Waals surface area contributed by atoms with Gasteiger partial charge in [-0.05, 0) is 42.0 Å². The molecule has 1 N–H and O–H groups in total. The highest BCUT2D eigenvalue weighted by molar-refractivity contribution is 6.30. The SMILES string of the molecule is Fc1cc(CNc2ccc(-c3nnco3)cc2)ccc1Cl. The minimum Gasteiger partial charge on any atom is -0.423 e. The third-order valence-corrected chi connectivity index (χ3v) is 3.28. The first-order valence-electron chi connectivity index (χ1n) is 6.27. The fourth-order valence-electron chi connectivity index (χ4n) is 1.88. The molecule has 0 unspecified atom stereocenters. The van der Waals surface area contributed by atoms with Crippen LogP contribution in [0.4, 0.5) is 10.1 Å². The maximum Gasteiger partial charge on any atom is 0.247 e. The Balaban J connectivity index is 1.66. The molecule has 2 aromatic carbocycles. The molecule has 0 bridgehead atoms. The Morgan fingerprint density at radius 3 is 2.62 bits per heavy atom. The van der Waals surface area contributed by atoms with Crippen molar-refractivity contribution in [2.45, 2.75) is 6.54 Å². The molecule has 0 saturated heterocycles. The van der Waals surface area contributed by atoms with Gasteiger partial charge in [0.1, 0.15) is 5.82 Å². The molecule has 1 heterocycles. The molecule has 4 nitrogen and oxygen atoms in total. The number of anilines is 1. The summed E-state index contributed by atoms with van der Waals surface area (Å²) in [7, 11) is 0. The van der Waals surface area contributed by atoms with Crippen molar-refractivity contribution >= 4 is 17.3 Å². The molecule has 0 aliphatic rings. The first kappa shape index (κ1) is 13.6. The van der Waals surface area contributed by atoms with Crippen molar-refractivity contribution in [1.29, 1.82) is 0 Å². The highest BCUT2D eigenvalue weighted by Crippen LogP contribution is 2.20. The summed E-state index contributed by atoms with van der Waals surface area (Å²) < 4.78 is 18.4. The average Bonchev–Trinajstić information content (AvgIpc) is 3.03. The normalized spacial score (nSPS) is 10.6. The van der Waals surface area contributed by atoms with Crippen LogP contribution in [0.3, 0.4) is 0 Å². The highest BCUT2D eigenvalue weighted by atomic mass is 35.5. The van der Waals surface area contributed by atoms with Gasteiger partial charge in [0.2, 0.25) is 12.3 Å². The monoisotopic (exact) mass is 303 g/mol. The van der Waals surface area contributed by atoms with Gasteiger partial charge in [0, 0.05) is 17.8 Å². The lowest BCUT2D eigenvalue weighted by molar-refractivity contribution is 0.568. The first-order chi connectivity index (χ1) is 10.2. The summed E-state index contributed by atoms with van der Waals surface area (Å²) in [5.74, 6) is 0.0593. The lowest BCUT2D eigenvalue weighted by Crippen LogP contribution is -1.99. The number of aromatic nitrogens is 2. The van der Waals surface area contributed by atoms with E-state index in [-0.39, 0.29) is 5.02 Å². The number of hydrogen-bond acceptors (Lipinski definition) is 4. The summed E-state index contributed by atoms with van der Waals surface area (Å²) in [4.78, 5) is 0. The molecule has 0 amide bonds. The van der Waals surface area contributed by atoms with E-state index < -0.39 is 5.82 Å². The molecule has 0 atom stereocenters. The van der Waals surface area contributed by atoms with Gasteiger partial charge in [0.05, 0.1) is 5.02 Å². The van der Waals surface area contributed by atoms with Gasteiger partial charge >= 0.3 is 0 Å². The average molecular weight is 304 g/mol. The Morgan fingerprint density at radius 2 is 1.95 bits per heavy atom. The summed E-state index contributed by atoms with van der Waals surface area (Å²) in [6, 6.07) is 12.3.